The molecule has 0 aliphatic heterocycles. The summed E-state index contributed by atoms with van der Waals surface area (Å²) in [4.78, 5) is 20.9. The Morgan fingerprint density at radius 1 is 1.26 bits per heavy atom. The largest absolute Gasteiger partial charge is 0.481 e. The number of rotatable bonds is 4. The second kappa shape index (κ2) is 6.04. The molecule has 0 saturated carbocycles. The smallest absolute Gasteiger partial charge is 0.343 e. The molecule has 23 heavy (non-hydrogen) atoms. The molecular formula is C16H16N4O3. The summed E-state index contributed by atoms with van der Waals surface area (Å²) >= 11 is 0. The van der Waals surface area contributed by atoms with Gasteiger partial charge in [0.15, 0.2) is 5.65 Å². The molecule has 0 bridgehead atoms. The highest BCUT2D eigenvalue weighted by molar-refractivity contribution is 5.95. The average molecular weight is 312 g/mol. The van der Waals surface area contributed by atoms with Crippen molar-refractivity contribution in [2.45, 2.75) is 13.8 Å². The first-order valence-corrected chi connectivity index (χ1v) is 7.18. The zero-order valence-corrected chi connectivity index (χ0v) is 13.1. The van der Waals surface area contributed by atoms with Gasteiger partial charge in [0.25, 0.3) is 0 Å². The summed E-state index contributed by atoms with van der Waals surface area (Å²) in [5.74, 6) is 0.0612. The highest BCUT2D eigenvalue weighted by Gasteiger charge is 2.17. The minimum Gasteiger partial charge on any atom is -0.481 e. The van der Waals surface area contributed by atoms with Gasteiger partial charge in [-0.15, -0.1) is 0 Å². The van der Waals surface area contributed by atoms with Gasteiger partial charge in [0, 0.05) is 11.8 Å². The molecule has 3 rings (SSSR count). The van der Waals surface area contributed by atoms with Gasteiger partial charge in [-0.05, 0) is 26.0 Å². The Hall–Kier alpha value is -2.96. The fourth-order valence-corrected chi connectivity index (χ4v) is 2.27. The van der Waals surface area contributed by atoms with Crippen LogP contribution in [0.4, 0.5) is 0 Å². The third kappa shape index (κ3) is 2.73. The van der Waals surface area contributed by atoms with Crippen LogP contribution in [0.2, 0.25) is 0 Å². The lowest BCUT2D eigenvalue weighted by Crippen LogP contribution is -2.06. The number of aryl methyl sites for hydroxylation is 1. The number of aromatic nitrogens is 4. The molecule has 3 aromatic heterocycles. The van der Waals surface area contributed by atoms with E-state index in [1.165, 1.54) is 6.20 Å². The van der Waals surface area contributed by atoms with Gasteiger partial charge in [0.1, 0.15) is 5.56 Å². The lowest BCUT2D eigenvalue weighted by Gasteiger charge is -2.06. The van der Waals surface area contributed by atoms with Gasteiger partial charge >= 0.3 is 5.97 Å². The SMILES string of the molecule is CCOC(=O)c1cnn2c(C)cc(-c3cccc(OC)n3)nc12. The molecule has 0 aliphatic carbocycles. The molecule has 7 nitrogen and oxygen atoms in total. The Morgan fingerprint density at radius 2 is 2.09 bits per heavy atom. The fourth-order valence-electron chi connectivity index (χ4n) is 2.27. The van der Waals surface area contributed by atoms with E-state index in [0.29, 0.717) is 35.1 Å². The van der Waals surface area contributed by atoms with Crippen LogP contribution >= 0.6 is 0 Å². The molecule has 7 heteroatoms. The Balaban J connectivity index is 2.15. The second-order valence-corrected chi connectivity index (χ2v) is 4.86. The minimum absolute atomic E-state index is 0.298. The first-order valence-electron chi connectivity index (χ1n) is 7.18. The summed E-state index contributed by atoms with van der Waals surface area (Å²) in [6.07, 6.45) is 1.47. The van der Waals surface area contributed by atoms with Crippen LogP contribution in [0.15, 0.2) is 30.5 Å². The van der Waals surface area contributed by atoms with Crippen LogP contribution in [-0.4, -0.2) is 39.3 Å². The Bertz CT molecular complexity index is 873. The van der Waals surface area contributed by atoms with Gasteiger partial charge in [0.2, 0.25) is 5.88 Å². The van der Waals surface area contributed by atoms with E-state index in [2.05, 4.69) is 15.1 Å². The van der Waals surface area contributed by atoms with Crippen molar-refractivity contribution in [2.24, 2.45) is 0 Å². The van der Waals surface area contributed by atoms with Crippen molar-refractivity contribution in [3.63, 3.8) is 0 Å². The highest BCUT2D eigenvalue weighted by Crippen LogP contribution is 2.21. The van der Waals surface area contributed by atoms with Crippen molar-refractivity contribution in [1.29, 1.82) is 0 Å². The van der Waals surface area contributed by atoms with Crippen LogP contribution in [0.3, 0.4) is 0 Å². The van der Waals surface area contributed by atoms with Crippen molar-refractivity contribution >= 4 is 11.6 Å². The number of esters is 1. The van der Waals surface area contributed by atoms with Crippen molar-refractivity contribution in [2.75, 3.05) is 13.7 Å². The molecule has 0 amide bonds. The number of carbonyl (C=O) groups excluding carboxylic acids is 1. The summed E-state index contributed by atoms with van der Waals surface area (Å²) in [6.45, 7) is 3.94. The predicted octanol–water partition coefficient (Wildman–Crippen LogP) is 2.29. The molecule has 3 heterocycles. The molecule has 0 aliphatic rings. The zero-order valence-electron chi connectivity index (χ0n) is 13.1. The van der Waals surface area contributed by atoms with Gasteiger partial charge in [-0.1, -0.05) is 6.07 Å². The van der Waals surface area contributed by atoms with E-state index in [-0.39, 0.29) is 0 Å². The molecule has 118 valence electrons. The van der Waals surface area contributed by atoms with Crippen molar-refractivity contribution < 1.29 is 14.3 Å². The van der Waals surface area contributed by atoms with Gasteiger partial charge in [-0.3, -0.25) is 0 Å². The lowest BCUT2D eigenvalue weighted by atomic mass is 10.2. The lowest BCUT2D eigenvalue weighted by molar-refractivity contribution is 0.0528. The minimum atomic E-state index is -0.440. The quantitative estimate of drug-likeness (QED) is 0.688. The van der Waals surface area contributed by atoms with Gasteiger partial charge in [-0.2, -0.15) is 5.10 Å². The van der Waals surface area contributed by atoms with E-state index in [4.69, 9.17) is 9.47 Å². The first-order chi connectivity index (χ1) is 11.1. The van der Waals surface area contributed by atoms with Crippen LogP contribution in [-0.2, 0) is 4.74 Å². The maximum absolute atomic E-state index is 12.0. The maximum Gasteiger partial charge on any atom is 0.343 e. The number of nitrogens with zero attached hydrogens (tertiary/aromatic N) is 4. The summed E-state index contributed by atoms with van der Waals surface area (Å²) < 4.78 is 11.8. The molecule has 0 spiro atoms. The maximum atomic E-state index is 12.0. The van der Waals surface area contributed by atoms with Crippen molar-refractivity contribution in [3.05, 3.63) is 41.7 Å². The summed E-state index contributed by atoms with van der Waals surface area (Å²) in [5.41, 5.74) is 2.92. The van der Waals surface area contributed by atoms with Gasteiger partial charge < -0.3 is 9.47 Å². The number of hydrogen-bond acceptors (Lipinski definition) is 6. The Morgan fingerprint density at radius 3 is 2.83 bits per heavy atom. The third-order valence-electron chi connectivity index (χ3n) is 3.34. The molecule has 0 saturated heterocycles. The van der Waals surface area contributed by atoms with E-state index in [0.717, 1.165) is 5.69 Å². The van der Waals surface area contributed by atoms with Crippen LogP contribution in [0, 0.1) is 6.92 Å². The molecule has 0 radical (unpaired) electrons. The van der Waals surface area contributed by atoms with E-state index in [9.17, 15) is 4.79 Å². The second-order valence-electron chi connectivity index (χ2n) is 4.86. The standard InChI is InChI=1S/C16H16N4O3/c1-4-23-16(21)11-9-17-20-10(2)8-13(19-15(11)20)12-6-5-7-14(18-12)22-3/h5-9H,4H2,1-3H3. The van der Waals surface area contributed by atoms with Crippen molar-refractivity contribution in [1.82, 2.24) is 19.6 Å². The predicted molar refractivity (Wildman–Crippen MR) is 83.5 cm³/mol. The van der Waals surface area contributed by atoms with Gasteiger partial charge in [0.05, 0.1) is 31.3 Å². The van der Waals surface area contributed by atoms with E-state index >= 15 is 0 Å². The molecule has 0 aromatic carbocycles. The van der Waals surface area contributed by atoms with Crippen molar-refractivity contribution in [3.8, 4) is 17.3 Å². The number of methoxy groups -OCH3 is 1. The van der Waals surface area contributed by atoms with E-state index in [1.54, 1.807) is 24.6 Å². The van der Waals surface area contributed by atoms with E-state index < -0.39 is 5.97 Å². The molecule has 0 N–H and O–H groups in total. The number of hydrogen-bond donors (Lipinski definition) is 0. The van der Waals surface area contributed by atoms with Crippen LogP contribution in [0.25, 0.3) is 17.0 Å². The molecule has 3 aromatic rings. The third-order valence-corrected chi connectivity index (χ3v) is 3.34. The number of fused-ring (bicyclic) bond motifs is 1. The van der Waals surface area contributed by atoms with Crippen LogP contribution in [0.1, 0.15) is 23.0 Å². The van der Waals surface area contributed by atoms with Crippen LogP contribution < -0.4 is 4.74 Å². The fraction of sp³-hybridized carbons (Fsp3) is 0.250. The topological polar surface area (TPSA) is 78.6 Å². The summed E-state index contributed by atoms with van der Waals surface area (Å²) in [7, 11) is 1.56. The molecular weight excluding hydrogens is 296 g/mol. The number of carbonyl (C=O) groups is 1. The summed E-state index contributed by atoms with van der Waals surface area (Å²) in [6, 6.07) is 7.29. The van der Waals surface area contributed by atoms with Crippen LogP contribution in [0.5, 0.6) is 5.88 Å². The Labute approximate surface area is 132 Å². The van der Waals surface area contributed by atoms with E-state index in [1.807, 2.05) is 25.1 Å². The highest BCUT2D eigenvalue weighted by atomic mass is 16.5. The average Bonchev–Trinajstić information content (AvgIpc) is 2.99. The molecule has 0 atom stereocenters. The molecule has 0 fully saturated rings. The monoisotopic (exact) mass is 312 g/mol. The Kier molecular flexibility index (Phi) is 3.92. The number of ether oxygens (including phenoxy) is 2. The molecule has 0 unspecified atom stereocenters. The first kappa shape index (κ1) is 15.0. The summed E-state index contributed by atoms with van der Waals surface area (Å²) in [5, 5.41) is 4.20. The zero-order chi connectivity index (χ0) is 16.4. The number of pyridine rings is 1. The van der Waals surface area contributed by atoms with Gasteiger partial charge in [-0.25, -0.2) is 19.3 Å². The normalized spacial score (nSPS) is 10.7.